The highest BCUT2D eigenvalue weighted by Gasteiger charge is 2.11. The second kappa shape index (κ2) is 4.18. The van der Waals surface area contributed by atoms with E-state index in [9.17, 15) is 0 Å². The molecule has 0 radical (unpaired) electrons. The quantitative estimate of drug-likeness (QED) is 0.872. The van der Waals surface area contributed by atoms with Crippen LogP contribution in [0.2, 0.25) is 5.02 Å². The molecule has 2 rings (SSSR count). The zero-order chi connectivity index (χ0) is 11.9. The molecule has 1 aromatic heterocycles. The lowest BCUT2D eigenvalue weighted by atomic mass is 10.2. The van der Waals surface area contributed by atoms with Gasteiger partial charge in [0.1, 0.15) is 11.6 Å². The van der Waals surface area contributed by atoms with Gasteiger partial charge in [0, 0.05) is 20.8 Å². The van der Waals surface area contributed by atoms with Crippen LogP contribution in [0.4, 0.5) is 5.82 Å². The third-order valence-corrected chi connectivity index (χ3v) is 3.10. The van der Waals surface area contributed by atoms with Crippen molar-refractivity contribution >= 4 is 44.3 Å². The minimum Gasteiger partial charge on any atom is -0.383 e. The number of rotatable bonds is 1. The molecule has 0 saturated carbocycles. The largest absolute Gasteiger partial charge is 0.383 e. The Hall–Kier alpha value is -0.870. The summed E-state index contributed by atoms with van der Waals surface area (Å²) in [5, 5.41) is 1.40. The van der Waals surface area contributed by atoms with Gasteiger partial charge in [0.25, 0.3) is 0 Å². The first-order chi connectivity index (χ1) is 7.49. The maximum absolute atomic E-state index is 5.96. The number of benzene rings is 1. The average Bonchev–Trinajstić information content (AvgIpc) is 2.19. The maximum atomic E-state index is 5.96. The van der Waals surface area contributed by atoms with Gasteiger partial charge in [-0.3, -0.25) is 0 Å². The third kappa shape index (κ3) is 1.99. The van der Waals surface area contributed by atoms with Crippen molar-refractivity contribution in [2.45, 2.75) is 19.8 Å². The number of nitrogens with two attached hydrogens (primary N) is 1. The Morgan fingerprint density at radius 2 is 2.00 bits per heavy atom. The second-order valence-corrected chi connectivity index (χ2v) is 5.20. The van der Waals surface area contributed by atoms with Gasteiger partial charge in [-0.05, 0) is 28.1 Å². The molecule has 0 saturated heterocycles. The van der Waals surface area contributed by atoms with Crippen LogP contribution in [0, 0.1) is 0 Å². The zero-order valence-electron chi connectivity index (χ0n) is 8.96. The smallest absolute Gasteiger partial charge is 0.135 e. The maximum Gasteiger partial charge on any atom is 0.135 e. The third-order valence-electron chi connectivity index (χ3n) is 2.28. The lowest BCUT2D eigenvalue weighted by Crippen LogP contribution is -2.02. The molecule has 1 aromatic carbocycles. The molecule has 84 valence electrons. The summed E-state index contributed by atoms with van der Waals surface area (Å²) in [5.41, 5.74) is 6.71. The monoisotopic (exact) mass is 299 g/mol. The zero-order valence-corrected chi connectivity index (χ0v) is 11.3. The van der Waals surface area contributed by atoms with Gasteiger partial charge < -0.3 is 5.73 Å². The van der Waals surface area contributed by atoms with Gasteiger partial charge in [-0.2, -0.15) is 0 Å². The molecular formula is C11H11BrClN3. The van der Waals surface area contributed by atoms with Gasteiger partial charge in [0.05, 0.1) is 5.52 Å². The molecule has 5 heteroatoms. The number of halogens is 2. The van der Waals surface area contributed by atoms with E-state index in [1.807, 2.05) is 13.8 Å². The summed E-state index contributed by atoms with van der Waals surface area (Å²) < 4.78 is 0.839. The fourth-order valence-electron chi connectivity index (χ4n) is 1.46. The SMILES string of the molecule is CC(C)c1nc(N)c2cc(Cl)cc(Br)c2n1. The summed E-state index contributed by atoms with van der Waals surface area (Å²) in [4.78, 5) is 8.75. The number of fused-ring (bicyclic) bond motifs is 1. The molecule has 3 nitrogen and oxygen atoms in total. The summed E-state index contributed by atoms with van der Waals surface area (Å²) >= 11 is 9.39. The summed E-state index contributed by atoms with van der Waals surface area (Å²) in [5.74, 6) is 1.46. The summed E-state index contributed by atoms with van der Waals surface area (Å²) in [6, 6.07) is 3.58. The normalized spacial score (nSPS) is 11.3. The lowest BCUT2D eigenvalue weighted by Gasteiger charge is -2.09. The first-order valence-corrected chi connectivity index (χ1v) is 6.08. The van der Waals surface area contributed by atoms with E-state index >= 15 is 0 Å². The van der Waals surface area contributed by atoms with Crippen LogP contribution in [-0.2, 0) is 0 Å². The number of hydrogen-bond donors (Lipinski definition) is 1. The molecule has 0 aliphatic carbocycles. The fraction of sp³-hybridized carbons (Fsp3) is 0.273. The molecule has 0 atom stereocenters. The molecule has 0 aliphatic rings. The van der Waals surface area contributed by atoms with Crippen LogP contribution in [-0.4, -0.2) is 9.97 Å². The highest BCUT2D eigenvalue weighted by atomic mass is 79.9. The number of nitrogen functional groups attached to an aromatic ring is 1. The van der Waals surface area contributed by atoms with Crippen LogP contribution >= 0.6 is 27.5 Å². The lowest BCUT2D eigenvalue weighted by molar-refractivity contribution is 0.785. The fourth-order valence-corrected chi connectivity index (χ4v) is 2.36. The van der Waals surface area contributed by atoms with Crippen molar-refractivity contribution in [1.29, 1.82) is 0 Å². The minimum atomic E-state index is 0.245. The Balaban J connectivity index is 2.82. The van der Waals surface area contributed by atoms with E-state index < -0.39 is 0 Å². The first-order valence-electron chi connectivity index (χ1n) is 4.91. The molecule has 0 spiro atoms. The van der Waals surface area contributed by atoms with E-state index in [1.54, 1.807) is 12.1 Å². The van der Waals surface area contributed by atoms with E-state index in [4.69, 9.17) is 17.3 Å². The average molecular weight is 301 g/mol. The van der Waals surface area contributed by atoms with Crippen LogP contribution in [0.15, 0.2) is 16.6 Å². The molecule has 0 bridgehead atoms. The Labute approximate surface area is 107 Å². The summed E-state index contributed by atoms with van der Waals surface area (Å²) in [6.07, 6.45) is 0. The number of aromatic nitrogens is 2. The van der Waals surface area contributed by atoms with Crippen molar-refractivity contribution in [3.8, 4) is 0 Å². The number of anilines is 1. The van der Waals surface area contributed by atoms with Gasteiger partial charge in [0.15, 0.2) is 0 Å². The Bertz CT molecular complexity index is 554. The van der Waals surface area contributed by atoms with Crippen molar-refractivity contribution < 1.29 is 0 Å². The van der Waals surface area contributed by atoms with E-state index in [1.165, 1.54) is 0 Å². The minimum absolute atomic E-state index is 0.245. The van der Waals surface area contributed by atoms with Crippen LogP contribution < -0.4 is 5.73 Å². The van der Waals surface area contributed by atoms with Gasteiger partial charge in [-0.1, -0.05) is 25.4 Å². The molecular weight excluding hydrogens is 289 g/mol. The molecule has 0 fully saturated rings. The Morgan fingerprint density at radius 3 is 2.62 bits per heavy atom. The number of hydrogen-bond acceptors (Lipinski definition) is 3. The van der Waals surface area contributed by atoms with Crippen LogP contribution in [0.1, 0.15) is 25.6 Å². The topological polar surface area (TPSA) is 51.8 Å². The second-order valence-electron chi connectivity index (χ2n) is 3.91. The van der Waals surface area contributed by atoms with Crippen molar-refractivity contribution in [3.05, 3.63) is 27.5 Å². The number of nitrogens with zero attached hydrogens (tertiary/aromatic N) is 2. The van der Waals surface area contributed by atoms with Crippen molar-refractivity contribution in [3.63, 3.8) is 0 Å². The molecule has 0 amide bonds. The Morgan fingerprint density at radius 1 is 1.31 bits per heavy atom. The van der Waals surface area contributed by atoms with E-state index in [-0.39, 0.29) is 5.92 Å². The van der Waals surface area contributed by atoms with Crippen molar-refractivity contribution in [2.24, 2.45) is 0 Å². The highest BCUT2D eigenvalue weighted by molar-refractivity contribution is 9.10. The van der Waals surface area contributed by atoms with Crippen molar-refractivity contribution in [1.82, 2.24) is 9.97 Å². The molecule has 0 unspecified atom stereocenters. The standard InChI is InChI=1S/C11H11BrClN3/c1-5(2)11-15-9-7(10(14)16-11)3-6(13)4-8(9)12/h3-5H,1-2H3,(H2,14,15,16). The molecule has 2 aromatic rings. The molecule has 0 aliphatic heterocycles. The van der Waals surface area contributed by atoms with Gasteiger partial charge in [-0.15, -0.1) is 0 Å². The van der Waals surface area contributed by atoms with E-state index in [0.29, 0.717) is 10.8 Å². The molecule has 1 heterocycles. The highest BCUT2D eigenvalue weighted by Crippen LogP contribution is 2.30. The van der Waals surface area contributed by atoms with Crippen LogP contribution in [0.25, 0.3) is 10.9 Å². The van der Waals surface area contributed by atoms with Gasteiger partial charge >= 0.3 is 0 Å². The van der Waals surface area contributed by atoms with Crippen molar-refractivity contribution in [2.75, 3.05) is 5.73 Å². The molecule has 2 N–H and O–H groups in total. The predicted octanol–water partition coefficient (Wildman–Crippen LogP) is 3.75. The van der Waals surface area contributed by atoms with E-state index in [0.717, 1.165) is 21.2 Å². The van der Waals surface area contributed by atoms with Crippen LogP contribution in [0.5, 0.6) is 0 Å². The molecule has 16 heavy (non-hydrogen) atoms. The summed E-state index contributed by atoms with van der Waals surface area (Å²) in [6.45, 7) is 4.06. The van der Waals surface area contributed by atoms with Gasteiger partial charge in [-0.25, -0.2) is 9.97 Å². The summed E-state index contributed by atoms with van der Waals surface area (Å²) in [7, 11) is 0. The van der Waals surface area contributed by atoms with Gasteiger partial charge in [0.2, 0.25) is 0 Å². The Kier molecular flexibility index (Phi) is 3.04. The van der Waals surface area contributed by atoms with Crippen LogP contribution in [0.3, 0.4) is 0 Å². The predicted molar refractivity (Wildman–Crippen MR) is 70.7 cm³/mol. The first kappa shape index (κ1) is 11.6. The van der Waals surface area contributed by atoms with E-state index in [2.05, 4.69) is 25.9 Å².